The van der Waals surface area contributed by atoms with Crippen molar-refractivity contribution in [2.45, 2.75) is 69.6 Å². The summed E-state index contributed by atoms with van der Waals surface area (Å²) in [5.74, 6) is 1.29. The molecule has 0 radical (unpaired) electrons. The van der Waals surface area contributed by atoms with Crippen LogP contribution in [0.15, 0.2) is 12.4 Å². The fourth-order valence-corrected chi connectivity index (χ4v) is 5.54. The zero-order valence-electron chi connectivity index (χ0n) is 20.6. The van der Waals surface area contributed by atoms with Crippen molar-refractivity contribution in [1.29, 1.82) is 0 Å². The maximum atomic E-state index is 11.9. The normalized spacial score (nSPS) is 22.7. The Morgan fingerprint density at radius 3 is 2.54 bits per heavy atom. The van der Waals surface area contributed by atoms with Crippen LogP contribution >= 0.6 is 0 Å². The Morgan fingerprint density at radius 1 is 1.11 bits per heavy atom. The van der Waals surface area contributed by atoms with Crippen molar-refractivity contribution >= 4 is 27.1 Å². The Morgan fingerprint density at radius 2 is 1.86 bits per heavy atom. The Balaban J connectivity index is 1.59. The molecule has 0 spiro atoms. The van der Waals surface area contributed by atoms with Crippen molar-refractivity contribution < 1.29 is 22.6 Å². The molecule has 12 heteroatoms. The van der Waals surface area contributed by atoms with Gasteiger partial charge in [0.25, 0.3) is 10.2 Å². The van der Waals surface area contributed by atoms with Crippen molar-refractivity contribution in [2.24, 2.45) is 0 Å². The zero-order valence-corrected chi connectivity index (χ0v) is 21.4. The second-order valence-corrected chi connectivity index (χ2v) is 10.9. The van der Waals surface area contributed by atoms with Crippen LogP contribution in [0.2, 0.25) is 0 Å². The molecule has 4 rings (SSSR count). The highest BCUT2D eigenvalue weighted by atomic mass is 32.2. The van der Waals surface area contributed by atoms with Crippen LogP contribution in [0.25, 0.3) is 10.9 Å². The second-order valence-electron chi connectivity index (χ2n) is 9.28. The second kappa shape index (κ2) is 11.7. The Hall–Kier alpha value is -2.12. The van der Waals surface area contributed by atoms with Crippen LogP contribution in [0.4, 0.5) is 5.95 Å². The van der Waals surface area contributed by atoms with Crippen LogP contribution in [0.1, 0.15) is 56.9 Å². The van der Waals surface area contributed by atoms with E-state index in [0.717, 1.165) is 55.0 Å². The number of aromatic nitrogens is 3. The molecule has 2 aromatic heterocycles. The average Bonchev–Trinajstić information content (AvgIpc) is 2.85. The van der Waals surface area contributed by atoms with Crippen LogP contribution in [-0.4, -0.2) is 75.5 Å². The number of methoxy groups -OCH3 is 1. The fraction of sp³-hybridized carbons (Fsp3) is 0.696. The summed E-state index contributed by atoms with van der Waals surface area (Å²) in [6, 6.07) is -0.0304. The summed E-state index contributed by atoms with van der Waals surface area (Å²) >= 11 is 0. The lowest BCUT2D eigenvalue weighted by Gasteiger charge is -2.29. The smallest absolute Gasteiger partial charge is 0.276 e. The number of fused-ring (bicyclic) bond motifs is 1. The van der Waals surface area contributed by atoms with E-state index in [1.54, 1.807) is 13.3 Å². The largest absolute Gasteiger partial charge is 0.474 e. The van der Waals surface area contributed by atoms with Gasteiger partial charge in [-0.1, -0.05) is 0 Å². The lowest BCUT2D eigenvalue weighted by molar-refractivity contribution is 0.0244. The molecular formula is C23H36N6O5S. The highest BCUT2D eigenvalue weighted by Crippen LogP contribution is 2.38. The van der Waals surface area contributed by atoms with Gasteiger partial charge in [-0.15, -0.1) is 0 Å². The minimum absolute atomic E-state index is 0.0522. The number of hydrogen-bond acceptors (Lipinski definition) is 9. The van der Waals surface area contributed by atoms with E-state index in [2.05, 4.69) is 24.7 Å². The van der Waals surface area contributed by atoms with Crippen molar-refractivity contribution in [1.82, 2.24) is 24.4 Å². The molecule has 1 aliphatic heterocycles. The molecule has 2 aromatic rings. The maximum Gasteiger partial charge on any atom is 0.276 e. The van der Waals surface area contributed by atoms with Crippen LogP contribution in [0, 0.1) is 0 Å². The molecule has 11 nitrogen and oxygen atoms in total. The first-order valence-electron chi connectivity index (χ1n) is 12.2. The lowest BCUT2D eigenvalue weighted by atomic mass is 9.82. The SMILES string of the molecule is CNS(=O)(=O)N[C@H]1CC[C@H](c2cnc(OC3CCOCC3)c3cnc(N[C@@H](C)COC)nc32)CC1. The molecule has 3 heterocycles. The molecule has 194 valence electrons. The highest BCUT2D eigenvalue weighted by molar-refractivity contribution is 7.87. The molecule has 2 aliphatic rings. The molecule has 1 atom stereocenters. The van der Waals surface area contributed by atoms with Gasteiger partial charge in [-0.05, 0) is 38.5 Å². The van der Waals surface area contributed by atoms with Crippen LogP contribution in [-0.2, 0) is 19.7 Å². The first-order valence-corrected chi connectivity index (χ1v) is 13.7. The summed E-state index contributed by atoms with van der Waals surface area (Å²) in [4.78, 5) is 14.1. The van der Waals surface area contributed by atoms with Gasteiger partial charge in [0, 0.05) is 57.0 Å². The molecule has 0 aromatic carbocycles. The van der Waals surface area contributed by atoms with E-state index in [9.17, 15) is 8.42 Å². The minimum Gasteiger partial charge on any atom is -0.474 e. The Labute approximate surface area is 206 Å². The first-order chi connectivity index (χ1) is 16.9. The van der Waals surface area contributed by atoms with E-state index in [1.165, 1.54) is 7.05 Å². The van der Waals surface area contributed by atoms with E-state index in [1.807, 2.05) is 13.1 Å². The Kier molecular flexibility index (Phi) is 8.71. The quantitative estimate of drug-likeness (QED) is 0.441. The van der Waals surface area contributed by atoms with Gasteiger partial charge in [-0.25, -0.2) is 19.7 Å². The molecule has 0 unspecified atom stereocenters. The van der Waals surface area contributed by atoms with E-state index < -0.39 is 10.2 Å². The third kappa shape index (κ3) is 6.76. The molecule has 0 amide bonds. The first kappa shape index (κ1) is 26.0. The standard InChI is InChI=1S/C23H36N6O5S/c1-15(14-32-3)27-23-26-13-20-21(28-23)19(12-25-22(20)34-18-8-10-33-11-9-18)16-4-6-17(7-5-16)29-35(30,31)24-2/h12-13,15-18,24,29H,4-11,14H2,1-3H3,(H,26,27,28)/t15-,16-,17-/m0/s1. The van der Waals surface area contributed by atoms with E-state index in [-0.39, 0.29) is 24.1 Å². The van der Waals surface area contributed by atoms with Gasteiger partial charge >= 0.3 is 0 Å². The van der Waals surface area contributed by atoms with Crippen molar-refractivity contribution in [3.63, 3.8) is 0 Å². The van der Waals surface area contributed by atoms with Gasteiger partial charge in [-0.2, -0.15) is 13.1 Å². The summed E-state index contributed by atoms with van der Waals surface area (Å²) < 4.78 is 45.7. The predicted molar refractivity (Wildman–Crippen MR) is 133 cm³/mol. The summed E-state index contributed by atoms with van der Waals surface area (Å²) in [5.41, 5.74) is 1.86. The lowest BCUT2D eigenvalue weighted by Crippen LogP contribution is -2.42. The summed E-state index contributed by atoms with van der Waals surface area (Å²) in [6.07, 6.45) is 8.51. The van der Waals surface area contributed by atoms with Gasteiger partial charge in [0.1, 0.15) is 6.10 Å². The predicted octanol–water partition coefficient (Wildman–Crippen LogP) is 2.11. The van der Waals surface area contributed by atoms with Crippen molar-refractivity contribution in [3.05, 3.63) is 18.0 Å². The van der Waals surface area contributed by atoms with Gasteiger partial charge in [-0.3, -0.25) is 0 Å². The summed E-state index contributed by atoms with van der Waals surface area (Å²) in [5, 5.41) is 4.09. The van der Waals surface area contributed by atoms with Crippen LogP contribution < -0.4 is 19.5 Å². The molecule has 1 saturated heterocycles. The van der Waals surface area contributed by atoms with Gasteiger partial charge < -0.3 is 19.5 Å². The number of pyridine rings is 1. The van der Waals surface area contributed by atoms with Gasteiger partial charge in [0.15, 0.2) is 0 Å². The number of nitrogens with zero attached hydrogens (tertiary/aromatic N) is 3. The number of hydrogen-bond donors (Lipinski definition) is 3. The topological polar surface area (TPSA) is 137 Å². The average molecular weight is 509 g/mol. The third-order valence-corrected chi connectivity index (χ3v) is 7.79. The molecule has 1 saturated carbocycles. The maximum absolute atomic E-state index is 11.9. The molecule has 2 fully saturated rings. The van der Waals surface area contributed by atoms with E-state index in [0.29, 0.717) is 31.6 Å². The number of nitrogens with one attached hydrogen (secondary N) is 3. The molecule has 3 N–H and O–H groups in total. The van der Waals surface area contributed by atoms with E-state index >= 15 is 0 Å². The highest BCUT2D eigenvalue weighted by Gasteiger charge is 2.28. The van der Waals surface area contributed by atoms with E-state index in [4.69, 9.17) is 19.2 Å². The Bertz CT molecular complexity index is 1090. The van der Waals surface area contributed by atoms with Gasteiger partial charge in [0.05, 0.1) is 30.7 Å². The number of rotatable bonds is 10. The van der Waals surface area contributed by atoms with Gasteiger partial charge in [0.2, 0.25) is 11.8 Å². The molecular weight excluding hydrogens is 472 g/mol. The summed E-state index contributed by atoms with van der Waals surface area (Å²) in [7, 11) is -0.381. The molecule has 0 bridgehead atoms. The molecule has 35 heavy (non-hydrogen) atoms. The minimum atomic E-state index is -3.45. The zero-order chi connectivity index (χ0) is 24.8. The summed E-state index contributed by atoms with van der Waals surface area (Å²) in [6.45, 7) is 3.92. The number of anilines is 1. The van der Waals surface area contributed by atoms with Crippen molar-refractivity contribution in [2.75, 3.05) is 39.3 Å². The van der Waals surface area contributed by atoms with Crippen molar-refractivity contribution in [3.8, 4) is 5.88 Å². The monoisotopic (exact) mass is 508 g/mol. The number of ether oxygens (including phenoxy) is 3. The molecule has 1 aliphatic carbocycles. The fourth-order valence-electron chi connectivity index (χ4n) is 4.74. The van der Waals surface area contributed by atoms with Crippen LogP contribution in [0.5, 0.6) is 5.88 Å². The third-order valence-electron chi connectivity index (χ3n) is 6.61. The van der Waals surface area contributed by atoms with Crippen LogP contribution in [0.3, 0.4) is 0 Å².